The van der Waals surface area contributed by atoms with E-state index in [1.165, 1.54) is 16.7 Å². The molecule has 0 N–H and O–H groups in total. The van der Waals surface area contributed by atoms with Gasteiger partial charge in [0.2, 0.25) is 0 Å². The first kappa shape index (κ1) is 15.9. The predicted octanol–water partition coefficient (Wildman–Crippen LogP) is 4.80. The second-order valence-electron chi connectivity index (χ2n) is 7.62. The maximum atomic E-state index is 11.2. The molecule has 19 heavy (non-hydrogen) atoms. The fraction of sp³-hybridized carbons (Fsp3) is 0.611. The molecule has 0 fully saturated rings. The normalized spacial score (nSPS) is 12.6. The molecule has 0 bridgehead atoms. The molecule has 1 heteroatoms. The van der Waals surface area contributed by atoms with Crippen molar-refractivity contribution in [3.8, 4) is 0 Å². The molecule has 0 saturated heterocycles. The molecule has 0 aliphatic carbocycles. The fourth-order valence-electron chi connectivity index (χ4n) is 2.02. The van der Waals surface area contributed by atoms with Crippen LogP contribution in [0.25, 0.3) is 0 Å². The van der Waals surface area contributed by atoms with Crippen LogP contribution in [-0.4, -0.2) is 5.78 Å². The zero-order valence-corrected chi connectivity index (χ0v) is 13.6. The summed E-state index contributed by atoms with van der Waals surface area (Å²) in [6, 6.07) is 6.84. The summed E-state index contributed by atoms with van der Waals surface area (Å²) in [7, 11) is 0. The van der Waals surface area contributed by atoms with Crippen molar-refractivity contribution in [2.75, 3.05) is 0 Å². The van der Waals surface area contributed by atoms with Gasteiger partial charge in [0.15, 0.2) is 0 Å². The summed E-state index contributed by atoms with van der Waals surface area (Å²) >= 11 is 0. The Hall–Kier alpha value is -1.11. The summed E-state index contributed by atoms with van der Waals surface area (Å²) in [5.41, 5.74) is 4.29. The highest BCUT2D eigenvalue weighted by Crippen LogP contribution is 2.30. The molecule has 0 amide bonds. The Labute approximate surface area is 118 Å². The first-order chi connectivity index (χ1) is 8.50. The van der Waals surface area contributed by atoms with E-state index in [9.17, 15) is 4.79 Å². The molecule has 1 rings (SSSR count). The van der Waals surface area contributed by atoms with Crippen molar-refractivity contribution in [1.29, 1.82) is 0 Å². The smallest absolute Gasteiger partial charge is 0.130 e. The standard InChI is InChI=1S/C18H28O/c1-13(19)8-9-14-10-15(17(2,3)4)12-16(11-14)18(5,6)7/h10-12H,8-9H2,1-7H3. The number of rotatable bonds is 3. The summed E-state index contributed by atoms with van der Waals surface area (Å²) in [4.78, 5) is 11.2. The van der Waals surface area contributed by atoms with Crippen molar-refractivity contribution in [2.45, 2.75) is 72.1 Å². The van der Waals surface area contributed by atoms with Gasteiger partial charge >= 0.3 is 0 Å². The third kappa shape index (κ3) is 4.81. The number of hydrogen-bond donors (Lipinski definition) is 0. The van der Waals surface area contributed by atoms with Crippen LogP contribution in [0.15, 0.2) is 18.2 Å². The first-order valence-corrected chi connectivity index (χ1v) is 7.14. The summed E-state index contributed by atoms with van der Waals surface area (Å²) in [5, 5.41) is 0. The van der Waals surface area contributed by atoms with Gasteiger partial charge in [0, 0.05) is 6.42 Å². The number of hydrogen-bond acceptors (Lipinski definition) is 1. The minimum Gasteiger partial charge on any atom is -0.300 e. The van der Waals surface area contributed by atoms with Crippen molar-refractivity contribution in [3.63, 3.8) is 0 Å². The van der Waals surface area contributed by atoms with Crippen LogP contribution in [0.3, 0.4) is 0 Å². The number of carbonyl (C=O) groups excluding carboxylic acids is 1. The summed E-state index contributed by atoms with van der Waals surface area (Å²) in [6.45, 7) is 15.1. The van der Waals surface area contributed by atoms with Gasteiger partial charge in [-0.15, -0.1) is 0 Å². The van der Waals surface area contributed by atoms with Crippen LogP contribution in [0, 0.1) is 0 Å². The second kappa shape index (κ2) is 5.48. The summed E-state index contributed by atoms with van der Waals surface area (Å²) in [6.07, 6.45) is 1.49. The molecule has 0 aliphatic rings. The van der Waals surface area contributed by atoms with Gasteiger partial charge in [-0.05, 0) is 40.9 Å². The quantitative estimate of drug-likeness (QED) is 0.762. The Bertz CT molecular complexity index is 423. The second-order valence-corrected chi connectivity index (χ2v) is 7.62. The lowest BCUT2D eigenvalue weighted by atomic mass is 9.79. The molecule has 1 nitrogen and oxygen atoms in total. The largest absolute Gasteiger partial charge is 0.300 e. The van der Waals surface area contributed by atoms with E-state index in [1.54, 1.807) is 6.92 Å². The Morgan fingerprint density at radius 3 is 1.63 bits per heavy atom. The lowest BCUT2D eigenvalue weighted by molar-refractivity contribution is -0.116. The average Bonchev–Trinajstić information content (AvgIpc) is 2.23. The number of benzene rings is 1. The SMILES string of the molecule is CC(=O)CCc1cc(C(C)(C)C)cc(C(C)(C)C)c1. The van der Waals surface area contributed by atoms with Crippen LogP contribution in [0.2, 0.25) is 0 Å². The number of ketones is 1. The Balaban J connectivity index is 3.21. The van der Waals surface area contributed by atoms with Gasteiger partial charge in [-0.2, -0.15) is 0 Å². The molecule has 0 saturated carbocycles. The van der Waals surface area contributed by atoms with Gasteiger partial charge in [0.1, 0.15) is 5.78 Å². The first-order valence-electron chi connectivity index (χ1n) is 7.14. The summed E-state index contributed by atoms with van der Waals surface area (Å²) in [5.74, 6) is 0.262. The van der Waals surface area contributed by atoms with E-state index in [0.717, 1.165) is 6.42 Å². The van der Waals surface area contributed by atoms with Crippen LogP contribution >= 0.6 is 0 Å². The molecular formula is C18H28O. The van der Waals surface area contributed by atoms with Crippen LogP contribution in [0.1, 0.15) is 71.6 Å². The molecule has 0 heterocycles. The van der Waals surface area contributed by atoms with Crippen molar-refractivity contribution < 1.29 is 4.79 Å². The maximum absolute atomic E-state index is 11.2. The predicted molar refractivity (Wildman–Crippen MR) is 82.8 cm³/mol. The van der Waals surface area contributed by atoms with E-state index in [2.05, 4.69) is 59.7 Å². The third-order valence-corrected chi connectivity index (χ3v) is 3.49. The lowest BCUT2D eigenvalue weighted by Gasteiger charge is -2.26. The fourth-order valence-corrected chi connectivity index (χ4v) is 2.02. The summed E-state index contributed by atoms with van der Waals surface area (Å²) < 4.78 is 0. The van der Waals surface area contributed by atoms with Gasteiger partial charge in [-0.3, -0.25) is 0 Å². The van der Waals surface area contributed by atoms with E-state index >= 15 is 0 Å². The molecule has 1 aromatic rings. The lowest BCUT2D eigenvalue weighted by Crippen LogP contribution is -2.17. The van der Waals surface area contributed by atoms with Crippen molar-refractivity contribution in [2.24, 2.45) is 0 Å². The van der Waals surface area contributed by atoms with E-state index in [1.807, 2.05) is 0 Å². The Kier molecular flexibility index (Phi) is 4.60. The van der Waals surface area contributed by atoms with Crippen molar-refractivity contribution >= 4 is 5.78 Å². The van der Waals surface area contributed by atoms with E-state index in [0.29, 0.717) is 6.42 Å². The topological polar surface area (TPSA) is 17.1 Å². The van der Waals surface area contributed by atoms with Crippen LogP contribution in [0.5, 0.6) is 0 Å². The highest BCUT2D eigenvalue weighted by Gasteiger charge is 2.20. The Morgan fingerprint density at radius 1 is 0.895 bits per heavy atom. The molecule has 0 spiro atoms. The highest BCUT2D eigenvalue weighted by atomic mass is 16.1. The van der Waals surface area contributed by atoms with Gasteiger partial charge in [0.25, 0.3) is 0 Å². The minimum absolute atomic E-state index is 0.145. The van der Waals surface area contributed by atoms with Crippen molar-refractivity contribution in [1.82, 2.24) is 0 Å². The number of aryl methyl sites for hydroxylation is 1. The van der Waals surface area contributed by atoms with E-state index < -0.39 is 0 Å². The zero-order valence-electron chi connectivity index (χ0n) is 13.6. The monoisotopic (exact) mass is 260 g/mol. The van der Waals surface area contributed by atoms with Gasteiger partial charge in [-0.25, -0.2) is 0 Å². The third-order valence-electron chi connectivity index (χ3n) is 3.49. The van der Waals surface area contributed by atoms with Crippen LogP contribution in [0.4, 0.5) is 0 Å². The number of carbonyl (C=O) groups is 1. The molecule has 0 radical (unpaired) electrons. The Morgan fingerprint density at radius 2 is 1.32 bits per heavy atom. The van der Waals surface area contributed by atoms with E-state index in [4.69, 9.17) is 0 Å². The number of Topliss-reactive ketones (excluding diaryl/α,β-unsaturated/α-hetero) is 1. The minimum atomic E-state index is 0.145. The van der Waals surface area contributed by atoms with Gasteiger partial charge < -0.3 is 4.79 Å². The molecule has 0 aliphatic heterocycles. The zero-order chi connectivity index (χ0) is 14.8. The molecule has 1 aromatic carbocycles. The molecule has 0 atom stereocenters. The molecular weight excluding hydrogens is 232 g/mol. The van der Waals surface area contributed by atoms with E-state index in [-0.39, 0.29) is 16.6 Å². The van der Waals surface area contributed by atoms with Gasteiger partial charge in [0.05, 0.1) is 0 Å². The van der Waals surface area contributed by atoms with Crippen LogP contribution in [-0.2, 0) is 22.0 Å². The molecule has 0 unspecified atom stereocenters. The van der Waals surface area contributed by atoms with Crippen molar-refractivity contribution in [3.05, 3.63) is 34.9 Å². The van der Waals surface area contributed by atoms with Crippen LogP contribution < -0.4 is 0 Å². The molecule has 106 valence electrons. The van der Waals surface area contributed by atoms with Gasteiger partial charge in [-0.1, -0.05) is 59.7 Å². The average molecular weight is 260 g/mol. The maximum Gasteiger partial charge on any atom is 0.130 e. The molecule has 0 aromatic heterocycles. The highest BCUT2D eigenvalue weighted by molar-refractivity contribution is 5.75.